The van der Waals surface area contributed by atoms with E-state index in [0.29, 0.717) is 0 Å². The highest BCUT2D eigenvalue weighted by Gasteiger charge is 2.11. The molecule has 0 aliphatic carbocycles. The van der Waals surface area contributed by atoms with E-state index >= 15 is 0 Å². The molecule has 0 unspecified atom stereocenters. The molecule has 0 fully saturated rings. The molecule has 0 aliphatic heterocycles. The molecule has 0 saturated heterocycles. The van der Waals surface area contributed by atoms with Gasteiger partial charge in [-0.05, 0) is 5.46 Å². The highest BCUT2D eigenvalue weighted by Crippen LogP contribution is 1.85. The van der Waals surface area contributed by atoms with E-state index in [0.717, 1.165) is 5.46 Å². The fraction of sp³-hybridized carbons (Fsp3) is 0.143. The van der Waals surface area contributed by atoms with Crippen LogP contribution in [0.5, 0.6) is 0 Å². The molecule has 1 aromatic carbocycles. The summed E-state index contributed by atoms with van der Waals surface area (Å²) in [6.07, 6.45) is 0. The minimum Gasteiger partial charge on any atom is -0.423 e. The van der Waals surface area contributed by atoms with Crippen LogP contribution in [0.4, 0.5) is 0 Å². The van der Waals surface area contributed by atoms with Crippen molar-refractivity contribution in [2.24, 2.45) is 0 Å². The Balaban J connectivity index is 0.000001000. The van der Waals surface area contributed by atoms with E-state index < -0.39 is 7.12 Å². The lowest BCUT2D eigenvalue weighted by Crippen LogP contribution is -2.31. The number of rotatable bonds is 2. The maximum absolute atomic E-state index is 9.11. The van der Waals surface area contributed by atoms with Gasteiger partial charge < -0.3 is 15.8 Å². The number of hydrogen-bond acceptors (Lipinski definition) is 3. The smallest absolute Gasteiger partial charge is 0.423 e. The van der Waals surface area contributed by atoms with Gasteiger partial charge in [0, 0.05) is 7.11 Å². The van der Waals surface area contributed by atoms with Crippen molar-refractivity contribution in [2.75, 3.05) is 7.11 Å². The second kappa shape index (κ2) is 4.90. The molecule has 0 atom stereocenters. The molecule has 0 aliphatic rings. The Morgan fingerprint density at radius 1 is 1.27 bits per heavy atom. The lowest BCUT2D eigenvalue weighted by Gasteiger charge is -2.00. The molecular weight excluding hydrogens is 141 g/mol. The van der Waals surface area contributed by atoms with E-state index in [9.17, 15) is 0 Å². The molecule has 4 heteroatoms. The summed E-state index contributed by atoms with van der Waals surface area (Å²) in [4.78, 5) is 0. The van der Waals surface area contributed by atoms with Crippen LogP contribution >= 0.6 is 0 Å². The van der Waals surface area contributed by atoms with Gasteiger partial charge in [0.25, 0.3) is 0 Å². The van der Waals surface area contributed by atoms with E-state index in [1.54, 1.807) is 0 Å². The van der Waals surface area contributed by atoms with Gasteiger partial charge in [0.05, 0.1) is 0 Å². The molecule has 0 spiro atoms. The van der Waals surface area contributed by atoms with E-state index in [1.807, 2.05) is 30.3 Å². The maximum Gasteiger partial charge on any atom is 0.490 e. The average molecular weight is 153 g/mol. The zero-order chi connectivity index (χ0) is 7.40. The van der Waals surface area contributed by atoms with Gasteiger partial charge in [-0.2, -0.15) is 0 Å². The summed E-state index contributed by atoms with van der Waals surface area (Å²) in [6.45, 7) is 0. The van der Waals surface area contributed by atoms with E-state index in [1.165, 1.54) is 7.11 Å². The largest absolute Gasteiger partial charge is 0.490 e. The zero-order valence-corrected chi connectivity index (χ0v) is 6.53. The van der Waals surface area contributed by atoms with Gasteiger partial charge in [-0.1, -0.05) is 30.3 Å². The van der Waals surface area contributed by atoms with E-state index in [4.69, 9.17) is 9.68 Å². The van der Waals surface area contributed by atoms with E-state index in [-0.39, 0.29) is 6.15 Å². The van der Waals surface area contributed by atoms with Gasteiger partial charge in [-0.25, -0.2) is 0 Å². The van der Waals surface area contributed by atoms with Crippen molar-refractivity contribution in [3.8, 4) is 0 Å². The van der Waals surface area contributed by atoms with Crippen LogP contribution in [0.3, 0.4) is 0 Å². The molecule has 0 amide bonds. The fourth-order valence-electron chi connectivity index (χ4n) is 0.754. The third-order valence-corrected chi connectivity index (χ3v) is 1.31. The summed E-state index contributed by atoms with van der Waals surface area (Å²) in [5, 5.41) is 9.11. The topological polar surface area (TPSA) is 64.5 Å². The maximum atomic E-state index is 9.11. The zero-order valence-electron chi connectivity index (χ0n) is 6.53. The minimum absolute atomic E-state index is 0. The van der Waals surface area contributed by atoms with Crippen molar-refractivity contribution in [3.05, 3.63) is 30.3 Å². The monoisotopic (exact) mass is 153 g/mol. The van der Waals surface area contributed by atoms with Gasteiger partial charge >= 0.3 is 7.12 Å². The SMILES string of the molecule is COB(O)c1ccccc1.N. The first-order chi connectivity index (χ1) is 4.84. The second-order valence-electron chi connectivity index (χ2n) is 2.00. The molecule has 11 heavy (non-hydrogen) atoms. The van der Waals surface area contributed by atoms with Gasteiger partial charge in [-0.3, -0.25) is 0 Å². The summed E-state index contributed by atoms with van der Waals surface area (Å²) in [5.41, 5.74) is 0.782. The summed E-state index contributed by atoms with van der Waals surface area (Å²) >= 11 is 0. The number of hydrogen-bond donors (Lipinski definition) is 2. The van der Waals surface area contributed by atoms with Crippen molar-refractivity contribution in [1.82, 2.24) is 6.15 Å². The molecule has 0 radical (unpaired) electrons. The normalized spacial score (nSPS) is 8.55. The van der Waals surface area contributed by atoms with Gasteiger partial charge in [0.2, 0.25) is 0 Å². The molecular formula is C7H12BNO2. The summed E-state index contributed by atoms with van der Waals surface area (Å²) in [6, 6.07) is 9.24. The Morgan fingerprint density at radius 3 is 2.27 bits per heavy atom. The minimum atomic E-state index is -0.791. The van der Waals surface area contributed by atoms with Crippen molar-refractivity contribution in [2.45, 2.75) is 0 Å². The van der Waals surface area contributed by atoms with Crippen LogP contribution in [0.15, 0.2) is 30.3 Å². The first kappa shape index (κ1) is 10.2. The Morgan fingerprint density at radius 2 is 1.82 bits per heavy atom. The summed E-state index contributed by atoms with van der Waals surface area (Å²) in [5.74, 6) is 0. The van der Waals surface area contributed by atoms with Gasteiger partial charge in [-0.15, -0.1) is 0 Å². The fourth-order valence-corrected chi connectivity index (χ4v) is 0.754. The Hall–Kier alpha value is -0.835. The van der Waals surface area contributed by atoms with Crippen LogP contribution in [-0.4, -0.2) is 19.3 Å². The molecule has 60 valence electrons. The molecule has 0 saturated carbocycles. The molecule has 3 nitrogen and oxygen atoms in total. The predicted molar refractivity (Wildman–Crippen MR) is 46.1 cm³/mol. The average Bonchev–Trinajstić information content (AvgIpc) is 2.05. The molecule has 1 aromatic rings. The van der Waals surface area contributed by atoms with Gasteiger partial charge in [0.1, 0.15) is 0 Å². The Bertz CT molecular complexity index is 193. The standard InChI is InChI=1S/C7H9BO2.H3N/c1-10-8(9)7-5-3-2-4-6-7;/h2-6,9H,1H3;1H3. The van der Waals surface area contributed by atoms with Crippen LogP contribution in [0.2, 0.25) is 0 Å². The molecule has 0 heterocycles. The molecule has 1 rings (SSSR count). The quantitative estimate of drug-likeness (QED) is 0.595. The van der Waals surface area contributed by atoms with Crippen LogP contribution in [0, 0.1) is 0 Å². The van der Waals surface area contributed by atoms with Gasteiger partial charge in [0.15, 0.2) is 0 Å². The summed E-state index contributed by atoms with van der Waals surface area (Å²) in [7, 11) is 0.679. The molecule has 4 N–H and O–H groups in total. The molecule has 0 bridgehead atoms. The summed E-state index contributed by atoms with van der Waals surface area (Å²) < 4.78 is 4.69. The highest BCUT2D eigenvalue weighted by molar-refractivity contribution is 6.59. The van der Waals surface area contributed by atoms with E-state index in [2.05, 4.69) is 0 Å². The number of benzene rings is 1. The predicted octanol–water partition coefficient (Wildman–Crippen LogP) is 0.182. The lowest BCUT2D eigenvalue weighted by atomic mass is 9.80. The first-order valence-corrected chi connectivity index (χ1v) is 3.10. The third-order valence-electron chi connectivity index (χ3n) is 1.31. The van der Waals surface area contributed by atoms with Crippen molar-refractivity contribution in [1.29, 1.82) is 0 Å². The second-order valence-corrected chi connectivity index (χ2v) is 2.00. The molecule has 0 aromatic heterocycles. The Kier molecular flexibility index (Phi) is 4.53. The van der Waals surface area contributed by atoms with Crippen molar-refractivity contribution >= 4 is 12.6 Å². The van der Waals surface area contributed by atoms with Crippen LogP contribution in [0.1, 0.15) is 0 Å². The van der Waals surface area contributed by atoms with Crippen molar-refractivity contribution in [3.63, 3.8) is 0 Å². The lowest BCUT2D eigenvalue weighted by molar-refractivity contribution is 0.341. The van der Waals surface area contributed by atoms with Crippen LogP contribution < -0.4 is 11.6 Å². The van der Waals surface area contributed by atoms with Crippen LogP contribution in [0.25, 0.3) is 0 Å². The highest BCUT2D eigenvalue weighted by atomic mass is 16.5. The van der Waals surface area contributed by atoms with Crippen LogP contribution in [-0.2, 0) is 4.65 Å². The Labute approximate surface area is 66.7 Å². The third kappa shape index (κ3) is 2.71. The first-order valence-electron chi connectivity index (χ1n) is 3.10. The van der Waals surface area contributed by atoms with Crippen molar-refractivity contribution < 1.29 is 9.68 Å².